The van der Waals surface area contributed by atoms with Gasteiger partial charge in [-0.1, -0.05) is 13.8 Å². The van der Waals surface area contributed by atoms with Crippen LogP contribution in [0.4, 0.5) is 0 Å². The molecule has 1 heterocycles. The summed E-state index contributed by atoms with van der Waals surface area (Å²) in [5, 5.41) is 16.2. The summed E-state index contributed by atoms with van der Waals surface area (Å²) in [5.74, 6) is -0.502. The molecule has 0 saturated heterocycles. The number of aromatic carboxylic acids is 1. The number of carbonyl (C=O) groups is 1. The van der Waals surface area contributed by atoms with E-state index in [0.717, 1.165) is 12.1 Å². The maximum Gasteiger partial charge on any atom is 0.337 e. The number of carboxylic acid groups (broad SMARTS) is 1. The third-order valence-electron chi connectivity index (χ3n) is 1.57. The fourth-order valence-corrected chi connectivity index (χ4v) is 1.05. The smallest absolute Gasteiger partial charge is 0.337 e. The minimum Gasteiger partial charge on any atom is -0.478 e. The molecule has 0 unspecified atom stereocenters. The van der Waals surface area contributed by atoms with Crippen molar-refractivity contribution in [3.8, 4) is 0 Å². The van der Waals surface area contributed by atoms with Gasteiger partial charge in [0.15, 0.2) is 0 Å². The molecular formula is C9H12N2O2. The van der Waals surface area contributed by atoms with Crippen LogP contribution in [-0.2, 0) is 6.42 Å². The average Bonchev–Trinajstić information content (AvgIpc) is 2.03. The molecule has 13 heavy (non-hydrogen) atoms. The summed E-state index contributed by atoms with van der Waals surface area (Å²) in [7, 11) is 0. The predicted octanol–water partition coefficient (Wildman–Crippen LogP) is 1.37. The zero-order valence-electron chi connectivity index (χ0n) is 7.69. The Kier molecular flexibility index (Phi) is 2.95. The largest absolute Gasteiger partial charge is 0.478 e. The van der Waals surface area contributed by atoms with Gasteiger partial charge in [-0.3, -0.25) is 0 Å². The number of carboxylic acids is 1. The van der Waals surface area contributed by atoms with Gasteiger partial charge in [-0.05, 0) is 18.4 Å². The van der Waals surface area contributed by atoms with Crippen molar-refractivity contribution in [1.82, 2.24) is 10.2 Å². The molecule has 0 saturated carbocycles. The molecule has 0 fully saturated rings. The first-order valence-corrected chi connectivity index (χ1v) is 4.14. The monoisotopic (exact) mass is 180 g/mol. The van der Waals surface area contributed by atoms with Gasteiger partial charge in [0.25, 0.3) is 0 Å². The van der Waals surface area contributed by atoms with Crippen LogP contribution in [0.3, 0.4) is 0 Å². The number of nitrogens with zero attached hydrogens (tertiary/aromatic N) is 2. The van der Waals surface area contributed by atoms with Crippen molar-refractivity contribution < 1.29 is 9.90 Å². The van der Waals surface area contributed by atoms with Gasteiger partial charge in [0.1, 0.15) is 0 Å². The van der Waals surface area contributed by atoms with Gasteiger partial charge in [0, 0.05) is 0 Å². The lowest BCUT2D eigenvalue weighted by atomic mass is 10.1. The highest BCUT2D eigenvalue weighted by Gasteiger charge is 2.06. The molecule has 0 spiro atoms. The Morgan fingerprint density at radius 1 is 1.62 bits per heavy atom. The van der Waals surface area contributed by atoms with Gasteiger partial charge in [-0.25, -0.2) is 4.79 Å². The zero-order valence-corrected chi connectivity index (χ0v) is 7.69. The number of aromatic nitrogens is 2. The maximum atomic E-state index is 10.6. The average molecular weight is 180 g/mol. The molecule has 0 atom stereocenters. The molecule has 1 rings (SSSR count). The van der Waals surface area contributed by atoms with Crippen molar-refractivity contribution in [2.45, 2.75) is 20.3 Å². The van der Waals surface area contributed by atoms with Crippen molar-refractivity contribution in [2.75, 3.05) is 0 Å². The lowest BCUT2D eigenvalue weighted by Crippen LogP contribution is -2.04. The second-order valence-corrected chi connectivity index (χ2v) is 3.34. The van der Waals surface area contributed by atoms with Gasteiger partial charge < -0.3 is 5.11 Å². The van der Waals surface area contributed by atoms with Gasteiger partial charge in [0.2, 0.25) is 0 Å². The van der Waals surface area contributed by atoms with E-state index >= 15 is 0 Å². The Labute approximate surface area is 76.6 Å². The lowest BCUT2D eigenvalue weighted by Gasteiger charge is -2.02. The number of hydrogen-bond acceptors (Lipinski definition) is 3. The highest BCUT2D eigenvalue weighted by atomic mass is 16.4. The molecule has 1 N–H and O–H groups in total. The second-order valence-electron chi connectivity index (χ2n) is 3.34. The Bertz CT molecular complexity index is 310. The van der Waals surface area contributed by atoms with Gasteiger partial charge in [0.05, 0.1) is 17.5 Å². The Morgan fingerprint density at radius 2 is 2.31 bits per heavy atom. The highest BCUT2D eigenvalue weighted by Crippen LogP contribution is 2.06. The van der Waals surface area contributed by atoms with Crippen LogP contribution in [0.2, 0.25) is 0 Å². The van der Waals surface area contributed by atoms with Crippen molar-refractivity contribution in [3.63, 3.8) is 0 Å². The summed E-state index contributed by atoms with van der Waals surface area (Å²) in [4.78, 5) is 10.6. The van der Waals surface area contributed by atoms with Crippen LogP contribution in [0.25, 0.3) is 0 Å². The fraction of sp³-hybridized carbons (Fsp3) is 0.444. The molecule has 70 valence electrons. The van der Waals surface area contributed by atoms with E-state index in [0.29, 0.717) is 5.92 Å². The van der Waals surface area contributed by atoms with Crippen molar-refractivity contribution >= 4 is 5.97 Å². The van der Waals surface area contributed by atoms with Gasteiger partial charge in [-0.2, -0.15) is 10.2 Å². The molecule has 0 aliphatic rings. The zero-order chi connectivity index (χ0) is 9.84. The highest BCUT2D eigenvalue weighted by molar-refractivity contribution is 5.87. The van der Waals surface area contributed by atoms with Crippen LogP contribution in [-0.4, -0.2) is 21.3 Å². The molecule has 4 nitrogen and oxygen atoms in total. The quantitative estimate of drug-likeness (QED) is 0.763. The Balaban J connectivity index is 2.85. The van der Waals surface area contributed by atoms with Crippen LogP contribution in [0, 0.1) is 5.92 Å². The van der Waals surface area contributed by atoms with Gasteiger partial charge >= 0.3 is 5.97 Å². The summed E-state index contributed by atoms with van der Waals surface area (Å²) >= 11 is 0. The van der Waals surface area contributed by atoms with E-state index in [2.05, 4.69) is 24.0 Å². The van der Waals surface area contributed by atoms with Crippen molar-refractivity contribution in [2.24, 2.45) is 5.92 Å². The first-order valence-electron chi connectivity index (χ1n) is 4.14. The first kappa shape index (κ1) is 9.64. The summed E-state index contributed by atoms with van der Waals surface area (Å²) in [6.45, 7) is 4.10. The molecule has 0 radical (unpaired) electrons. The van der Waals surface area contributed by atoms with Gasteiger partial charge in [-0.15, -0.1) is 0 Å². The van der Waals surface area contributed by atoms with Crippen molar-refractivity contribution in [3.05, 3.63) is 23.5 Å². The van der Waals surface area contributed by atoms with Crippen LogP contribution >= 0.6 is 0 Å². The summed E-state index contributed by atoms with van der Waals surface area (Å²) < 4.78 is 0. The maximum absolute atomic E-state index is 10.6. The molecule has 0 aliphatic carbocycles. The van der Waals surface area contributed by atoms with E-state index in [1.807, 2.05) is 0 Å². The molecule has 4 heteroatoms. The number of rotatable bonds is 3. The van der Waals surface area contributed by atoms with E-state index in [9.17, 15) is 4.79 Å². The third-order valence-corrected chi connectivity index (χ3v) is 1.57. The minimum atomic E-state index is -0.958. The molecule has 0 bridgehead atoms. The number of hydrogen-bond donors (Lipinski definition) is 1. The molecule has 1 aromatic heterocycles. The van der Waals surface area contributed by atoms with E-state index in [-0.39, 0.29) is 5.56 Å². The molecule has 0 amide bonds. The van der Waals surface area contributed by atoms with Crippen molar-refractivity contribution in [1.29, 1.82) is 0 Å². The topological polar surface area (TPSA) is 63.1 Å². The van der Waals surface area contributed by atoms with Crippen LogP contribution in [0.1, 0.15) is 29.9 Å². The third kappa shape index (κ3) is 2.82. The Morgan fingerprint density at radius 3 is 2.85 bits per heavy atom. The van der Waals surface area contributed by atoms with E-state index in [1.54, 1.807) is 6.07 Å². The molecule has 1 aromatic rings. The van der Waals surface area contributed by atoms with Crippen LogP contribution in [0.15, 0.2) is 12.3 Å². The first-order chi connectivity index (χ1) is 6.09. The summed E-state index contributed by atoms with van der Waals surface area (Å²) in [6, 6.07) is 1.56. The van der Waals surface area contributed by atoms with E-state index in [1.165, 1.54) is 6.20 Å². The van der Waals surface area contributed by atoms with E-state index < -0.39 is 5.97 Å². The molecule has 0 aliphatic heterocycles. The Hall–Kier alpha value is -1.45. The van der Waals surface area contributed by atoms with Crippen LogP contribution < -0.4 is 0 Å². The normalized spacial score (nSPS) is 10.4. The lowest BCUT2D eigenvalue weighted by molar-refractivity contribution is 0.0696. The standard InChI is InChI=1S/C9H12N2O2/c1-6(2)3-8-4-7(9(12)13)5-10-11-8/h4-6H,3H2,1-2H3,(H,12,13). The predicted molar refractivity (Wildman–Crippen MR) is 47.5 cm³/mol. The van der Waals surface area contributed by atoms with E-state index in [4.69, 9.17) is 5.11 Å². The molecule has 0 aromatic carbocycles. The molecular weight excluding hydrogens is 168 g/mol. The van der Waals surface area contributed by atoms with Crippen LogP contribution in [0.5, 0.6) is 0 Å². The SMILES string of the molecule is CC(C)Cc1cc(C(=O)O)cnn1. The summed E-state index contributed by atoms with van der Waals surface area (Å²) in [5.41, 5.74) is 0.931. The summed E-state index contributed by atoms with van der Waals surface area (Å²) in [6.07, 6.45) is 2.01. The minimum absolute atomic E-state index is 0.200. The second kappa shape index (κ2) is 3.98. The fourth-order valence-electron chi connectivity index (χ4n) is 1.05.